The second-order valence-electron chi connectivity index (χ2n) is 11.0. The molecule has 4 rings (SSSR count). The lowest BCUT2D eigenvalue weighted by molar-refractivity contribution is 0.0519. The Bertz CT molecular complexity index is 1280. The number of oxazole rings is 1. The van der Waals surface area contributed by atoms with Gasteiger partial charge >= 0.3 is 12.1 Å². The summed E-state index contributed by atoms with van der Waals surface area (Å²) in [4.78, 5) is 34.4. The van der Waals surface area contributed by atoms with E-state index in [1.54, 1.807) is 13.1 Å². The fraction of sp³-hybridized carbons (Fsp3) is 0.538. The van der Waals surface area contributed by atoms with Gasteiger partial charge in [-0.05, 0) is 31.4 Å². The van der Waals surface area contributed by atoms with Crippen LogP contribution in [0.2, 0.25) is 25.7 Å². The molecule has 0 unspecified atom stereocenters. The molecular formula is C26H37N5O6Si. The van der Waals surface area contributed by atoms with Crippen molar-refractivity contribution in [2.24, 2.45) is 5.92 Å². The molecule has 0 saturated carbocycles. The van der Waals surface area contributed by atoms with E-state index in [0.29, 0.717) is 32.0 Å². The maximum atomic E-state index is 12.2. The van der Waals surface area contributed by atoms with Crippen molar-refractivity contribution in [1.29, 1.82) is 0 Å². The number of esters is 1. The molecule has 1 amide bonds. The summed E-state index contributed by atoms with van der Waals surface area (Å²) in [6, 6.07) is 2.89. The number of ether oxygens (including phenoxy) is 2. The number of aromatic nitrogens is 3. The molecular weight excluding hydrogens is 506 g/mol. The number of carbonyl (C=O) groups excluding carboxylic acids is 1. The SMILES string of the molecule is CCOC(=O)c1coc(-c2cnc3c(ccn3COCC[Si](C)(C)C)c2N[C@@H]2C[C@H](C)CN(C(=O)O)C2)n1. The number of pyridine rings is 1. The molecule has 38 heavy (non-hydrogen) atoms. The van der Waals surface area contributed by atoms with Gasteiger partial charge in [0, 0.05) is 51.6 Å². The number of anilines is 1. The smallest absolute Gasteiger partial charge is 0.407 e. The molecule has 11 nitrogen and oxygen atoms in total. The molecule has 0 aliphatic carbocycles. The summed E-state index contributed by atoms with van der Waals surface area (Å²) in [6.07, 6.45) is 4.72. The van der Waals surface area contributed by atoms with Gasteiger partial charge in [-0.25, -0.2) is 19.6 Å². The fourth-order valence-electron chi connectivity index (χ4n) is 4.61. The van der Waals surface area contributed by atoms with Crippen LogP contribution in [0, 0.1) is 5.92 Å². The summed E-state index contributed by atoms with van der Waals surface area (Å²) in [5, 5.41) is 14.0. The standard InChI is InChI=1S/C26H37N5O6Si/c1-6-36-25(32)21-15-37-24(29-21)20-12-27-23-19(7-8-30(23)16-35-9-10-38(3,4)5)22(20)28-18-11-17(2)13-31(14-18)26(33)34/h7-8,12,15,17-18H,6,9-11,13-14,16H2,1-5H3,(H,27,28)(H,33,34)/t17-,18+/m0/s1. The van der Waals surface area contributed by atoms with Crippen molar-refractivity contribution < 1.29 is 28.6 Å². The maximum Gasteiger partial charge on any atom is 0.407 e. The predicted molar refractivity (Wildman–Crippen MR) is 146 cm³/mol. The minimum atomic E-state index is -1.20. The van der Waals surface area contributed by atoms with Crippen LogP contribution in [0.3, 0.4) is 0 Å². The van der Waals surface area contributed by atoms with Crippen molar-refractivity contribution in [1.82, 2.24) is 19.4 Å². The average Bonchev–Trinajstić information content (AvgIpc) is 3.49. The van der Waals surface area contributed by atoms with Crippen LogP contribution in [-0.4, -0.2) is 77.0 Å². The molecule has 0 aromatic carbocycles. The molecule has 1 aliphatic rings. The normalized spacial score (nSPS) is 18.1. The zero-order valence-corrected chi connectivity index (χ0v) is 23.7. The van der Waals surface area contributed by atoms with Crippen molar-refractivity contribution in [3.05, 3.63) is 30.4 Å². The Morgan fingerprint density at radius 3 is 2.79 bits per heavy atom. The first-order valence-corrected chi connectivity index (χ1v) is 16.7. The number of rotatable bonds is 10. The van der Waals surface area contributed by atoms with E-state index < -0.39 is 20.1 Å². The largest absolute Gasteiger partial charge is 0.465 e. The minimum absolute atomic E-state index is 0.0737. The van der Waals surface area contributed by atoms with E-state index in [2.05, 4.69) is 34.9 Å². The number of hydrogen-bond acceptors (Lipinski definition) is 8. The third-order valence-corrected chi connectivity index (χ3v) is 8.22. The molecule has 0 radical (unpaired) electrons. The van der Waals surface area contributed by atoms with E-state index in [1.165, 1.54) is 11.2 Å². The molecule has 3 aromatic heterocycles. The topological polar surface area (TPSA) is 132 Å². The van der Waals surface area contributed by atoms with E-state index in [9.17, 15) is 14.7 Å². The molecule has 12 heteroatoms. The van der Waals surface area contributed by atoms with E-state index >= 15 is 0 Å². The summed E-state index contributed by atoms with van der Waals surface area (Å²) in [7, 11) is -1.20. The molecule has 4 heterocycles. The van der Waals surface area contributed by atoms with Crippen LogP contribution in [0.25, 0.3) is 22.5 Å². The number of hydrogen-bond donors (Lipinski definition) is 2. The Labute approximate surface area is 223 Å². The molecule has 0 spiro atoms. The maximum absolute atomic E-state index is 12.2. The van der Waals surface area contributed by atoms with E-state index in [0.717, 1.165) is 29.2 Å². The monoisotopic (exact) mass is 543 g/mol. The first-order chi connectivity index (χ1) is 18.1. The number of nitrogens with zero attached hydrogens (tertiary/aromatic N) is 4. The van der Waals surface area contributed by atoms with Gasteiger partial charge in [0.25, 0.3) is 0 Å². The van der Waals surface area contributed by atoms with Crippen LogP contribution < -0.4 is 5.32 Å². The molecule has 2 N–H and O–H groups in total. The van der Waals surface area contributed by atoms with E-state index in [4.69, 9.17) is 13.9 Å². The van der Waals surface area contributed by atoms with Crippen LogP contribution in [0.15, 0.2) is 29.1 Å². The number of carboxylic acid groups (broad SMARTS) is 1. The summed E-state index contributed by atoms with van der Waals surface area (Å²) in [6.45, 7) is 12.9. The van der Waals surface area contributed by atoms with Gasteiger partial charge in [-0.1, -0.05) is 26.6 Å². The van der Waals surface area contributed by atoms with Crippen LogP contribution >= 0.6 is 0 Å². The predicted octanol–water partition coefficient (Wildman–Crippen LogP) is 4.98. The number of carbonyl (C=O) groups is 2. The van der Waals surface area contributed by atoms with Crippen LogP contribution in [0.5, 0.6) is 0 Å². The van der Waals surface area contributed by atoms with Crippen molar-refractivity contribution in [2.75, 3.05) is 31.6 Å². The van der Waals surface area contributed by atoms with E-state index in [1.807, 2.05) is 23.8 Å². The number of nitrogens with one attached hydrogen (secondary N) is 1. The highest BCUT2D eigenvalue weighted by Crippen LogP contribution is 2.35. The van der Waals surface area contributed by atoms with Gasteiger partial charge in [0.1, 0.15) is 18.6 Å². The number of amides is 1. The molecule has 2 atom stereocenters. The third kappa shape index (κ3) is 6.54. The highest BCUT2D eigenvalue weighted by atomic mass is 28.3. The van der Waals surface area contributed by atoms with E-state index in [-0.39, 0.29) is 30.2 Å². The molecule has 206 valence electrons. The van der Waals surface area contributed by atoms with Gasteiger partial charge in [-0.15, -0.1) is 0 Å². The summed E-state index contributed by atoms with van der Waals surface area (Å²) < 4.78 is 18.6. The Balaban J connectivity index is 1.67. The van der Waals surface area contributed by atoms with Gasteiger partial charge < -0.3 is 33.8 Å². The first kappa shape index (κ1) is 27.6. The molecule has 1 aliphatic heterocycles. The Hall–Kier alpha value is -3.38. The number of likely N-dealkylation sites (tertiary alicyclic amines) is 1. The summed E-state index contributed by atoms with van der Waals surface area (Å²) >= 11 is 0. The highest BCUT2D eigenvalue weighted by molar-refractivity contribution is 6.76. The lowest BCUT2D eigenvalue weighted by Gasteiger charge is -2.36. The lowest BCUT2D eigenvalue weighted by Crippen LogP contribution is -2.47. The Morgan fingerprint density at radius 1 is 1.29 bits per heavy atom. The van der Waals surface area contributed by atoms with Crippen molar-refractivity contribution in [2.45, 2.75) is 58.7 Å². The zero-order chi connectivity index (χ0) is 27.4. The van der Waals surface area contributed by atoms with Crippen molar-refractivity contribution in [3.63, 3.8) is 0 Å². The third-order valence-electron chi connectivity index (χ3n) is 6.51. The lowest BCUT2D eigenvalue weighted by atomic mass is 9.95. The second kappa shape index (κ2) is 11.6. The summed E-state index contributed by atoms with van der Waals surface area (Å²) in [5.74, 6) is -0.145. The van der Waals surface area contributed by atoms with Crippen LogP contribution in [0.4, 0.5) is 10.5 Å². The van der Waals surface area contributed by atoms with Gasteiger partial charge in [0.2, 0.25) is 5.89 Å². The van der Waals surface area contributed by atoms with Crippen molar-refractivity contribution >= 4 is 36.9 Å². The quantitative estimate of drug-likeness (QED) is 0.206. The van der Waals surface area contributed by atoms with Gasteiger partial charge in [-0.2, -0.15) is 0 Å². The Kier molecular flexibility index (Phi) is 8.41. The highest BCUT2D eigenvalue weighted by Gasteiger charge is 2.29. The second-order valence-corrected chi connectivity index (χ2v) is 16.7. The first-order valence-electron chi connectivity index (χ1n) is 13.0. The molecule has 0 bridgehead atoms. The van der Waals surface area contributed by atoms with Crippen LogP contribution in [-0.2, 0) is 16.2 Å². The Morgan fingerprint density at radius 2 is 2.08 bits per heavy atom. The molecule has 3 aromatic rings. The molecule has 1 fully saturated rings. The minimum Gasteiger partial charge on any atom is -0.465 e. The van der Waals surface area contributed by atoms with Gasteiger partial charge in [-0.3, -0.25) is 0 Å². The van der Waals surface area contributed by atoms with Gasteiger partial charge in [0.05, 0.1) is 17.9 Å². The van der Waals surface area contributed by atoms with Crippen molar-refractivity contribution in [3.8, 4) is 11.5 Å². The fourth-order valence-corrected chi connectivity index (χ4v) is 5.37. The summed E-state index contributed by atoms with van der Waals surface area (Å²) in [5.41, 5.74) is 2.09. The zero-order valence-electron chi connectivity index (χ0n) is 22.7. The average molecular weight is 544 g/mol. The van der Waals surface area contributed by atoms with Gasteiger partial charge in [0.15, 0.2) is 5.69 Å². The molecule has 1 saturated heterocycles. The van der Waals surface area contributed by atoms with Crippen LogP contribution in [0.1, 0.15) is 30.8 Å². The number of piperidine rings is 1. The number of fused-ring (bicyclic) bond motifs is 1.